The Bertz CT molecular complexity index is 393. The smallest absolute Gasteiger partial charge is 0.367 e. The lowest BCUT2D eigenvalue weighted by atomic mass is 10.6. The molecule has 0 spiro atoms. The van der Waals surface area contributed by atoms with Crippen molar-refractivity contribution >= 4 is 12.2 Å². The largest absolute Gasteiger partial charge is 0.478 e. The zero-order valence-electron chi connectivity index (χ0n) is 6.91. The highest BCUT2D eigenvalue weighted by Crippen LogP contribution is 1.75. The van der Waals surface area contributed by atoms with Crippen LogP contribution in [0.25, 0.3) is 6.20 Å². The van der Waals surface area contributed by atoms with Crippen LogP contribution < -0.4 is 5.69 Å². The summed E-state index contributed by atoms with van der Waals surface area (Å²) in [7, 11) is -0.347. The van der Waals surface area contributed by atoms with E-state index in [0.717, 1.165) is 21.6 Å². The molecule has 0 atom stereocenters. The van der Waals surface area contributed by atoms with Gasteiger partial charge in [0.2, 0.25) is 0 Å². The molecule has 1 heterocycles. The number of rotatable bonds is 2. The van der Waals surface area contributed by atoms with Gasteiger partial charge in [-0.15, -0.1) is 0 Å². The number of carbonyl (C=O) groups is 1. The van der Waals surface area contributed by atoms with Gasteiger partial charge in [0.15, 0.2) is 0 Å². The zero-order valence-corrected chi connectivity index (χ0v) is 5.91. The SMILES string of the molecule is [2H]Cn1nnn(C=CC(=O)O)c1=O. The van der Waals surface area contributed by atoms with E-state index in [4.69, 9.17) is 6.48 Å². The van der Waals surface area contributed by atoms with Crippen LogP contribution in [0.15, 0.2) is 10.9 Å². The number of aliphatic carboxylic acids is 1. The van der Waals surface area contributed by atoms with Crippen LogP contribution in [0.4, 0.5) is 0 Å². The van der Waals surface area contributed by atoms with E-state index in [1.807, 2.05) is 0 Å². The van der Waals surface area contributed by atoms with Crippen molar-refractivity contribution in [2.45, 2.75) is 0 Å². The van der Waals surface area contributed by atoms with Crippen molar-refractivity contribution in [1.82, 2.24) is 19.8 Å². The minimum Gasteiger partial charge on any atom is -0.478 e. The van der Waals surface area contributed by atoms with E-state index in [1.54, 1.807) is 0 Å². The summed E-state index contributed by atoms with van der Waals surface area (Å²) in [5.41, 5.74) is -0.646. The Morgan fingerprint density at radius 3 is 3.00 bits per heavy atom. The standard InChI is InChI=1S/C5H6N4O3/c1-8-5(12)9(7-6-8)3-2-4(10)11/h2-3H,1H3,(H,10,11)/i1D. The van der Waals surface area contributed by atoms with Gasteiger partial charge < -0.3 is 5.11 Å². The highest BCUT2D eigenvalue weighted by molar-refractivity contribution is 5.82. The van der Waals surface area contributed by atoms with Crippen LogP contribution in [0, 0.1) is 0 Å². The van der Waals surface area contributed by atoms with Crippen LogP contribution >= 0.6 is 0 Å². The van der Waals surface area contributed by atoms with Gasteiger partial charge in [-0.05, 0) is 10.4 Å². The second-order valence-electron chi connectivity index (χ2n) is 1.86. The predicted octanol–water partition coefficient (Wildman–Crippen LogP) is -1.47. The number of nitrogens with zero attached hydrogens (tertiary/aromatic N) is 4. The minimum absolute atomic E-state index is 0.347. The molecule has 0 radical (unpaired) electrons. The van der Waals surface area contributed by atoms with Gasteiger partial charge in [0.25, 0.3) is 0 Å². The molecule has 64 valence electrons. The third-order valence-electron chi connectivity index (χ3n) is 1.02. The lowest BCUT2D eigenvalue weighted by Crippen LogP contribution is -2.19. The molecule has 0 fully saturated rings. The van der Waals surface area contributed by atoms with E-state index in [1.165, 1.54) is 0 Å². The first-order valence-electron chi connectivity index (χ1n) is 3.58. The van der Waals surface area contributed by atoms with Crippen LogP contribution in [0.3, 0.4) is 0 Å². The summed E-state index contributed by atoms with van der Waals surface area (Å²) < 4.78 is 8.34. The molecule has 0 aliphatic carbocycles. The Morgan fingerprint density at radius 1 is 1.75 bits per heavy atom. The molecule has 7 nitrogen and oxygen atoms in total. The van der Waals surface area contributed by atoms with Crippen molar-refractivity contribution in [3.05, 3.63) is 16.6 Å². The van der Waals surface area contributed by atoms with Gasteiger partial charge >= 0.3 is 11.7 Å². The lowest BCUT2D eigenvalue weighted by Gasteiger charge is -1.82. The molecule has 0 unspecified atom stereocenters. The van der Waals surface area contributed by atoms with Crippen LogP contribution in [0.5, 0.6) is 0 Å². The molecule has 12 heavy (non-hydrogen) atoms. The molecule has 1 N–H and O–H groups in total. The minimum atomic E-state index is -1.19. The first-order chi connectivity index (χ1) is 6.15. The van der Waals surface area contributed by atoms with Gasteiger partial charge in [-0.1, -0.05) is 0 Å². The molecule has 0 saturated heterocycles. The normalized spacial score (nSPS) is 11.8. The van der Waals surface area contributed by atoms with Crippen molar-refractivity contribution in [1.29, 1.82) is 0 Å². The molecule has 1 aromatic heterocycles. The third kappa shape index (κ3) is 1.57. The van der Waals surface area contributed by atoms with Crippen molar-refractivity contribution < 1.29 is 11.3 Å². The molecule has 0 bridgehead atoms. The maximum atomic E-state index is 11.0. The van der Waals surface area contributed by atoms with Crippen LogP contribution in [0.2, 0.25) is 0 Å². The number of carboxylic acids is 1. The molecule has 0 saturated carbocycles. The molecule has 1 rings (SSSR count). The summed E-state index contributed by atoms with van der Waals surface area (Å²) in [5.74, 6) is -1.19. The number of hydrogen-bond acceptors (Lipinski definition) is 4. The first-order valence-corrected chi connectivity index (χ1v) is 2.88. The Morgan fingerprint density at radius 2 is 2.50 bits per heavy atom. The number of tetrazole rings is 1. The van der Waals surface area contributed by atoms with Crippen LogP contribution in [0.1, 0.15) is 1.37 Å². The Balaban J connectivity index is 2.97. The quantitative estimate of drug-likeness (QED) is 0.549. The number of carboxylic acid groups (broad SMARTS) is 1. The molecular weight excluding hydrogens is 164 g/mol. The van der Waals surface area contributed by atoms with Crippen LogP contribution in [-0.4, -0.2) is 30.9 Å². The molecular formula is C5H6N4O3. The Hall–Kier alpha value is -1.92. The average molecular weight is 171 g/mol. The molecule has 0 aliphatic heterocycles. The van der Waals surface area contributed by atoms with Gasteiger partial charge in [-0.25, -0.2) is 9.59 Å². The second kappa shape index (κ2) is 2.99. The fourth-order valence-corrected chi connectivity index (χ4v) is 0.514. The number of aromatic nitrogens is 4. The first kappa shape index (κ1) is 6.77. The van der Waals surface area contributed by atoms with E-state index in [0.29, 0.717) is 0 Å². The maximum Gasteiger partial charge on any atom is 0.367 e. The Kier molecular flexibility index (Phi) is 1.69. The second-order valence-corrected chi connectivity index (χ2v) is 1.86. The molecule has 1 aromatic rings. The summed E-state index contributed by atoms with van der Waals surface area (Å²) >= 11 is 0. The van der Waals surface area contributed by atoms with Gasteiger partial charge in [0.1, 0.15) is 0 Å². The highest BCUT2D eigenvalue weighted by atomic mass is 16.4. The van der Waals surface area contributed by atoms with E-state index in [2.05, 4.69) is 10.4 Å². The molecule has 0 aliphatic rings. The fraction of sp³-hybridized carbons (Fsp3) is 0.200. The van der Waals surface area contributed by atoms with Crippen LogP contribution in [-0.2, 0) is 11.8 Å². The van der Waals surface area contributed by atoms with Crippen molar-refractivity contribution in [2.75, 3.05) is 0 Å². The van der Waals surface area contributed by atoms with Gasteiger partial charge in [-0.2, -0.15) is 9.36 Å². The van der Waals surface area contributed by atoms with E-state index in [-0.39, 0.29) is 7.02 Å². The molecule has 0 aromatic carbocycles. The molecule has 7 heteroatoms. The number of aryl methyl sites for hydroxylation is 1. The summed E-state index contributed by atoms with van der Waals surface area (Å²) in [6.07, 6.45) is 1.72. The fourth-order valence-electron chi connectivity index (χ4n) is 0.514. The average Bonchev–Trinajstić information content (AvgIpc) is 2.43. The monoisotopic (exact) mass is 171 g/mol. The maximum absolute atomic E-state index is 11.0. The van der Waals surface area contributed by atoms with Crippen molar-refractivity contribution in [3.8, 4) is 0 Å². The summed E-state index contributed by atoms with van der Waals surface area (Å²) in [5, 5.41) is 14.8. The summed E-state index contributed by atoms with van der Waals surface area (Å²) in [4.78, 5) is 21.1. The van der Waals surface area contributed by atoms with Gasteiger partial charge in [-0.3, -0.25) is 0 Å². The van der Waals surface area contributed by atoms with E-state index in [9.17, 15) is 9.59 Å². The third-order valence-corrected chi connectivity index (χ3v) is 1.02. The molecule has 0 amide bonds. The predicted molar refractivity (Wildman–Crippen MR) is 38.2 cm³/mol. The summed E-state index contributed by atoms with van der Waals surface area (Å²) in [6.45, 7) is 0. The van der Waals surface area contributed by atoms with Gasteiger partial charge in [0, 0.05) is 20.7 Å². The zero-order chi connectivity index (χ0) is 9.84. The summed E-state index contributed by atoms with van der Waals surface area (Å²) in [6, 6.07) is 0. The number of hydrogen-bond donors (Lipinski definition) is 1. The topological polar surface area (TPSA) is 90.0 Å². The lowest BCUT2D eigenvalue weighted by molar-refractivity contribution is -0.131. The van der Waals surface area contributed by atoms with Crippen molar-refractivity contribution in [3.63, 3.8) is 0 Å². The Labute approximate surface area is 67.9 Å². The van der Waals surface area contributed by atoms with E-state index < -0.39 is 11.7 Å². The van der Waals surface area contributed by atoms with E-state index >= 15 is 0 Å². The highest BCUT2D eigenvalue weighted by Gasteiger charge is 1.98. The van der Waals surface area contributed by atoms with Crippen molar-refractivity contribution in [2.24, 2.45) is 7.02 Å². The van der Waals surface area contributed by atoms with Gasteiger partial charge in [0.05, 0.1) is 0 Å².